The number of ether oxygens (including phenoxy) is 2. The van der Waals surface area contributed by atoms with Crippen LogP contribution in [0.3, 0.4) is 0 Å². The van der Waals surface area contributed by atoms with Gasteiger partial charge in [0.2, 0.25) is 11.8 Å². The number of nitriles is 1. The molecule has 8 nitrogen and oxygen atoms in total. The van der Waals surface area contributed by atoms with Crippen LogP contribution in [0.25, 0.3) is 11.1 Å². The Balaban J connectivity index is 1.65. The first-order chi connectivity index (χ1) is 15.6. The maximum Gasteiger partial charge on any atom is 0.225 e. The highest BCUT2D eigenvalue weighted by Crippen LogP contribution is 2.46. The monoisotopic (exact) mass is 435 g/mol. The lowest BCUT2D eigenvalue weighted by Crippen LogP contribution is -2.54. The highest BCUT2D eigenvalue weighted by molar-refractivity contribution is 5.78. The van der Waals surface area contributed by atoms with E-state index in [0.29, 0.717) is 55.8 Å². The minimum absolute atomic E-state index is 0.0314. The molecule has 168 valence electrons. The summed E-state index contributed by atoms with van der Waals surface area (Å²) in [7, 11) is 3.20. The van der Waals surface area contributed by atoms with Gasteiger partial charge in [-0.1, -0.05) is 0 Å². The number of hydrogen-bond donors (Lipinski definition) is 0. The SMILES string of the molecule is COCCC(=O)N1CCN(c2nc(C3CC3)c(-c3cccnc3OC)cc2C#N)CC1C. The summed E-state index contributed by atoms with van der Waals surface area (Å²) in [6.07, 6.45) is 4.26. The van der Waals surface area contributed by atoms with Gasteiger partial charge in [-0.25, -0.2) is 9.97 Å². The first-order valence-electron chi connectivity index (χ1n) is 11.0. The summed E-state index contributed by atoms with van der Waals surface area (Å²) in [5.41, 5.74) is 3.30. The fourth-order valence-electron chi connectivity index (χ4n) is 4.34. The molecule has 2 aliphatic rings. The summed E-state index contributed by atoms with van der Waals surface area (Å²) in [5.74, 6) is 1.72. The number of amides is 1. The lowest BCUT2D eigenvalue weighted by Gasteiger charge is -2.41. The van der Waals surface area contributed by atoms with Crippen molar-refractivity contribution in [3.63, 3.8) is 0 Å². The van der Waals surface area contributed by atoms with Gasteiger partial charge >= 0.3 is 0 Å². The van der Waals surface area contributed by atoms with E-state index < -0.39 is 0 Å². The third-order valence-corrected chi connectivity index (χ3v) is 6.14. The first-order valence-corrected chi connectivity index (χ1v) is 11.0. The number of methoxy groups -OCH3 is 2. The Morgan fingerprint density at radius 3 is 2.75 bits per heavy atom. The van der Waals surface area contributed by atoms with Gasteiger partial charge in [-0.3, -0.25) is 4.79 Å². The lowest BCUT2D eigenvalue weighted by atomic mass is 9.99. The molecule has 4 rings (SSSR count). The van der Waals surface area contributed by atoms with Crippen molar-refractivity contribution >= 4 is 11.7 Å². The average molecular weight is 436 g/mol. The Morgan fingerprint density at radius 1 is 1.28 bits per heavy atom. The molecule has 0 aromatic carbocycles. The van der Waals surface area contributed by atoms with Gasteiger partial charge < -0.3 is 19.3 Å². The predicted molar refractivity (Wildman–Crippen MR) is 121 cm³/mol. The standard InChI is InChI=1S/C24H29N5O3/c1-16-15-28(10-11-29(16)21(30)8-12-31-2)23-18(14-25)13-20(22(27-23)17-6-7-17)19-5-4-9-26-24(19)32-3/h4-5,9,13,16-17H,6-8,10-12,15H2,1-3H3. The molecular formula is C24H29N5O3. The summed E-state index contributed by atoms with van der Waals surface area (Å²) < 4.78 is 10.5. The molecule has 1 aliphatic heterocycles. The molecule has 0 radical (unpaired) electrons. The van der Waals surface area contributed by atoms with Gasteiger partial charge in [-0.15, -0.1) is 0 Å². The number of rotatable bonds is 7. The van der Waals surface area contributed by atoms with Crippen LogP contribution in [0.2, 0.25) is 0 Å². The summed E-state index contributed by atoms with van der Waals surface area (Å²) in [6.45, 7) is 4.35. The van der Waals surface area contributed by atoms with Crippen molar-refractivity contribution < 1.29 is 14.3 Å². The summed E-state index contributed by atoms with van der Waals surface area (Å²) in [6, 6.07) is 8.13. The molecule has 0 spiro atoms. The minimum atomic E-state index is 0.0314. The van der Waals surface area contributed by atoms with E-state index in [1.807, 2.05) is 30.0 Å². The molecule has 1 saturated heterocycles. The van der Waals surface area contributed by atoms with Crippen LogP contribution in [0.1, 0.15) is 43.4 Å². The van der Waals surface area contributed by atoms with Gasteiger partial charge in [0.25, 0.3) is 0 Å². The summed E-state index contributed by atoms with van der Waals surface area (Å²) >= 11 is 0. The molecule has 0 bridgehead atoms. The molecule has 1 amide bonds. The topological polar surface area (TPSA) is 91.6 Å². The molecule has 2 fully saturated rings. The molecular weight excluding hydrogens is 406 g/mol. The van der Waals surface area contributed by atoms with E-state index in [-0.39, 0.29) is 11.9 Å². The Bertz CT molecular complexity index is 1030. The van der Waals surface area contributed by atoms with Crippen LogP contribution in [-0.2, 0) is 9.53 Å². The number of carbonyl (C=O) groups is 1. The molecule has 1 aliphatic carbocycles. The van der Waals surface area contributed by atoms with Gasteiger partial charge in [0.05, 0.1) is 31.4 Å². The number of aromatic nitrogens is 2. The number of hydrogen-bond acceptors (Lipinski definition) is 7. The van der Waals surface area contributed by atoms with Gasteiger partial charge in [0.15, 0.2) is 0 Å². The molecule has 1 saturated carbocycles. The molecule has 0 N–H and O–H groups in total. The number of anilines is 1. The van der Waals surface area contributed by atoms with Crippen molar-refractivity contribution in [2.75, 3.05) is 45.4 Å². The second kappa shape index (κ2) is 9.53. The smallest absolute Gasteiger partial charge is 0.225 e. The largest absolute Gasteiger partial charge is 0.481 e. The highest BCUT2D eigenvalue weighted by Gasteiger charge is 2.33. The molecule has 32 heavy (non-hydrogen) atoms. The van der Waals surface area contributed by atoms with E-state index in [9.17, 15) is 10.1 Å². The Labute approximate surface area is 188 Å². The van der Waals surface area contributed by atoms with E-state index in [4.69, 9.17) is 14.5 Å². The molecule has 1 unspecified atom stereocenters. The van der Waals surface area contributed by atoms with Gasteiger partial charge in [0.1, 0.15) is 11.9 Å². The van der Waals surface area contributed by atoms with Gasteiger partial charge in [-0.2, -0.15) is 5.26 Å². The van der Waals surface area contributed by atoms with Gasteiger partial charge in [-0.05, 0) is 38.0 Å². The predicted octanol–water partition coefficient (Wildman–Crippen LogP) is 2.97. The van der Waals surface area contributed by atoms with Gasteiger partial charge in [0, 0.05) is 56.0 Å². The number of carbonyl (C=O) groups excluding carboxylic acids is 1. The third-order valence-electron chi connectivity index (χ3n) is 6.14. The van der Waals surface area contributed by atoms with Crippen LogP contribution in [0.5, 0.6) is 5.88 Å². The van der Waals surface area contributed by atoms with Crippen LogP contribution in [0, 0.1) is 11.3 Å². The minimum Gasteiger partial charge on any atom is -0.481 e. The maximum absolute atomic E-state index is 12.5. The molecule has 2 aromatic rings. The van der Waals surface area contributed by atoms with E-state index in [1.165, 1.54) is 0 Å². The fourth-order valence-corrected chi connectivity index (χ4v) is 4.34. The molecule has 1 atom stereocenters. The second-order valence-corrected chi connectivity index (χ2v) is 8.36. The average Bonchev–Trinajstić information content (AvgIpc) is 3.67. The molecule has 8 heteroatoms. The Morgan fingerprint density at radius 2 is 2.09 bits per heavy atom. The van der Waals surface area contributed by atoms with Crippen molar-refractivity contribution in [3.05, 3.63) is 35.7 Å². The summed E-state index contributed by atoms with van der Waals surface area (Å²) in [4.78, 5) is 25.9. The normalized spacial score (nSPS) is 18.4. The van der Waals surface area contributed by atoms with Crippen molar-refractivity contribution in [3.8, 4) is 23.1 Å². The number of pyridine rings is 2. The van der Waals surface area contributed by atoms with Crippen LogP contribution in [0.15, 0.2) is 24.4 Å². The third kappa shape index (κ3) is 4.39. The van der Waals surface area contributed by atoms with Crippen molar-refractivity contribution in [1.82, 2.24) is 14.9 Å². The number of piperazine rings is 1. The van der Waals surface area contributed by atoms with E-state index in [0.717, 1.165) is 29.7 Å². The van der Waals surface area contributed by atoms with Crippen molar-refractivity contribution in [2.24, 2.45) is 0 Å². The Hall–Kier alpha value is -3.18. The fraction of sp³-hybridized carbons (Fsp3) is 0.500. The quantitative estimate of drug-likeness (QED) is 0.660. The zero-order valence-corrected chi connectivity index (χ0v) is 18.9. The van der Waals surface area contributed by atoms with E-state index in [1.54, 1.807) is 20.4 Å². The maximum atomic E-state index is 12.5. The van der Waals surface area contributed by atoms with E-state index in [2.05, 4.69) is 16.0 Å². The zero-order chi connectivity index (χ0) is 22.7. The zero-order valence-electron chi connectivity index (χ0n) is 18.9. The lowest BCUT2D eigenvalue weighted by molar-refractivity contribution is -0.134. The molecule has 3 heterocycles. The van der Waals surface area contributed by atoms with Crippen LogP contribution in [-0.4, -0.2) is 67.3 Å². The molecule has 2 aromatic heterocycles. The van der Waals surface area contributed by atoms with Crippen LogP contribution < -0.4 is 9.64 Å². The van der Waals surface area contributed by atoms with E-state index >= 15 is 0 Å². The van der Waals surface area contributed by atoms with Crippen molar-refractivity contribution in [2.45, 2.75) is 38.1 Å². The number of nitrogens with zero attached hydrogens (tertiary/aromatic N) is 5. The second-order valence-electron chi connectivity index (χ2n) is 8.36. The summed E-state index contributed by atoms with van der Waals surface area (Å²) in [5, 5.41) is 9.95. The first kappa shape index (κ1) is 22.0. The van der Waals surface area contributed by atoms with Crippen LogP contribution in [0.4, 0.5) is 5.82 Å². The highest BCUT2D eigenvalue weighted by atomic mass is 16.5. The van der Waals surface area contributed by atoms with Crippen LogP contribution >= 0.6 is 0 Å². The van der Waals surface area contributed by atoms with Crippen molar-refractivity contribution in [1.29, 1.82) is 5.26 Å². The Kier molecular flexibility index (Phi) is 6.56.